The summed E-state index contributed by atoms with van der Waals surface area (Å²) in [6.45, 7) is 3.15. The van der Waals surface area contributed by atoms with Crippen molar-refractivity contribution >= 4 is 0 Å². The summed E-state index contributed by atoms with van der Waals surface area (Å²) < 4.78 is 16.2. The summed E-state index contributed by atoms with van der Waals surface area (Å²) in [5.74, 6) is 1.73. The highest BCUT2D eigenvalue weighted by Crippen LogP contribution is 2.35. The van der Waals surface area contributed by atoms with Gasteiger partial charge >= 0.3 is 0 Å². The molecular formula is C15H27N3O3. The number of nitrogens with zero attached hydrogens (tertiary/aromatic N) is 2. The molecule has 0 spiro atoms. The number of ether oxygens (including phenoxy) is 2. The zero-order valence-electron chi connectivity index (χ0n) is 13.1. The molecule has 2 atom stereocenters. The fourth-order valence-corrected chi connectivity index (χ4v) is 3.00. The molecule has 6 heteroatoms. The third-order valence-electron chi connectivity index (χ3n) is 3.98. The first-order valence-corrected chi connectivity index (χ1v) is 7.93. The van der Waals surface area contributed by atoms with Crippen molar-refractivity contribution in [2.45, 2.75) is 57.6 Å². The maximum Gasteiger partial charge on any atom is 0.228 e. The molecule has 2 unspecified atom stereocenters. The number of nitrogens with two attached hydrogens (primary N) is 1. The molecule has 0 aliphatic heterocycles. The predicted octanol–water partition coefficient (Wildman–Crippen LogP) is 2.24. The van der Waals surface area contributed by atoms with E-state index in [0.717, 1.165) is 0 Å². The Morgan fingerprint density at radius 3 is 2.76 bits per heavy atom. The molecule has 1 fully saturated rings. The van der Waals surface area contributed by atoms with Gasteiger partial charge in [0.2, 0.25) is 11.7 Å². The number of rotatable bonds is 8. The molecule has 1 aromatic heterocycles. The molecule has 1 aromatic rings. The Kier molecular flexibility index (Phi) is 6.60. The van der Waals surface area contributed by atoms with Crippen LogP contribution in [0.3, 0.4) is 0 Å². The molecule has 1 aliphatic rings. The number of hydrogen-bond acceptors (Lipinski definition) is 6. The highest BCUT2D eigenvalue weighted by Gasteiger charge is 2.29. The van der Waals surface area contributed by atoms with Crippen LogP contribution in [0.1, 0.15) is 56.8 Å². The summed E-state index contributed by atoms with van der Waals surface area (Å²) in [4.78, 5) is 4.49. The van der Waals surface area contributed by atoms with E-state index >= 15 is 0 Å². The predicted molar refractivity (Wildman–Crippen MR) is 78.8 cm³/mol. The van der Waals surface area contributed by atoms with Gasteiger partial charge in [-0.05, 0) is 25.7 Å². The fraction of sp³-hybridized carbons (Fsp3) is 0.867. The highest BCUT2D eigenvalue weighted by atomic mass is 16.5. The first-order chi connectivity index (χ1) is 10.2. The molecule has 1 saturated carbocycles. The van der Waals surface area contributed by atoms with E-state index in [4.69, 9.17) is 19.7 Å². The summed E-state index contributed by atoms with van der Waals surface area (Å²) in [5, 5.41) is 4.12. The van der Waals surface area contributed by atoms with Gasteiger partial charge < -0.3 is 19.7 Å². The second-order valence-electron chi connectivity index (χ2n) is 5.74. The zero-order chi connectivity index (χ0) is 15.1. The molecule has 1 aliphatic carbocycles. The molecule has 0 bridgehead atoms. The quantitative estimate of drug-likeness (QED) is 0.792. The van der Waals surface area contributed by atoms with Gasteiger partial charge in [0.05, 0.1) is 6.61 Å². The van der Waals surface area contributed by atoms with E-state index in [0.29, 0.717) is 37.3 Å². The minimum absolute atomic E-state index is 0.0496. The first-order valence-electron chi connectivity index (χ1n) is 7.93. The van der Waals surface area contributed by atoms with E-state index in [-0.39, 0.29) is 12.1 Å². The van der Waals surface area contributed by atoms with Crippen molar-refractivity contribution in [1.29, 1.82) is 0 Å². The van der Waals surface area contributed by atoms with Crippen LogP contribution in [0.15, 0.2) is 4.52 Å². The van der Waals surface area contributed by atoms with Crippen LogP contribution >= 0.6 is 0 Å². The minimum Gasteiger partial charge on any atom is -0.383 e. The molecule has 2 rings (SSSR count). The van der Waals surface area contributed by atoms with Crippen LogP contribution in [0.2, 0.25) is 0 Å². The maximum absolute atomic E-state index is 5.92. The lowest BCUT2D eigenvalue weighted by Crippen LogP contribution is -2.28. The van der Waals surface area contributed by atoms with E-state index in [1.807, 2.05) is 6.92 Å². The summed E-state index contributed by atoms with van der Waals surface area (Å²) in [6, 6.07) is -0.122. The number of methoxy groups -OCH3 is 1. The summed E-state index contributed by atoms with van der Waals surface area (Å²) in [7, 11) is 1.63. The molecule has 2 N–H and O–H groups in total. The van der Waals surface area contributed by atoms with E-state index < -0.39 is 0 Å². The monoisotopic (exact) mass is 297 g/mol. The average Bonchev–Trinajstić information content (AvgIpc) is 2.94. The van der Waals surface area contributed by atoms with E-state index in [2.05, 4.69) is 10.1 Å². The lowest BCUT2D eigenvalue weighted by molar-refractivity contribution is -0.00145. The van der Waals surface area contributed by atoms with Gasteiger partial charge in [0.15, 0.2) is 0 Å². The topological polar surface area (TPSA) is 83.4 Å². The van der Waals surface area contributed by atoms with Gasteiger partial charge in [0, 0.05) is 26.2 Å². The van der Waals surface area contributed by atoms with Crippen molar-refractivity contribution in [2.24, 2.45) is 11.7 Å². The lowest BCUT2D eigenvalue weighted by atomic mass is 9.85. The van der Waals surface area contributed by atoms with E-state index in [1.54, 1.807) is 7.11 Å². The van der Waals surface area contributed by atoms with Gasteiger partial charge in [-0.15, -0.1) is 0 Å². The normalized spacial score (nSPS) is 19.6. The van der Waals surface area contributed by atoms with Gasteiger partial charge in [-0.3, -0.25) is 0 Å². The molecule has 120 valence electrons. The van der Waals surface area contributed by atoms with Crippen LogP contribution in [-0.4, -0.2) is 36.5 Å². The Hall–Kier alpha value is -0.980. The smallest absolute Gasteiger partial charge is 0.228 e. The Labute approximate surface area is 126 Å². The van der Waals surface area contributed by atoms with Crippen LogP contribution in [0.25, 0.3) is 0 Å². The SMILES string of the molecule is CCOC(c1noc(CC(N)COC)n1)C1CCCCC1. The third-order valence-corrected chi connectivity index (χ3v) is 3.98. The molecule has 0 saturated heterocycles. The summed E-state index contributed by atoms with van der Waals surface area (Å²) >= 11 is 0. The van der Waals surface area contributed by atoms with Gasteiger partial charge in [-0.1, -0.05) is 24.4 Å². The molecule has 1 heterocycles. The number of hydrogen-bond donors (Lipinski definition) is 1. The van der Waals surface area contributed by atoms with Crippen LogP contribution in [0, 0.1) is 5.92 Å². The summed E-state index contributed by atoms with van der Waals surface area (Å²) in [5.41, 5.74) is 5.92. The van der Waals surface area contributed by atoms with Crippen LogP contribution < -0.4 is 5.73 Å². The Morgan fingerprint density at radius 2 is 2.10 bits per heavy atom. The van der Waals surface area contributed by atoms with Crippen molar-refractivity contribution in [3.63, 3.8) is 0 Å². The van der Waals surface area contributed by atoms with Crippen molar-refractivity contribution in [3.05, 3.63) is 11.7 Å². The van der Waals surface area contributed by atoms with Gasteiger partial charge in [0.25, 0.3) is 0 Å². The van der Waals surface area contributed by atoms with Crippen LogP contribution in [0.4, 0.5) is 0 Å². The standard InChI is InChI=1S/C15H27N3O3/c1-3-20-14(11-7-5-4-6-8-11)15-17-13(21-18-15)9-12(16)10-19-2/h11-12,14H,3-10,16H2,1-2H3. The largest absolute Gasteiger partial charge is 0.383 e. The van der Waals surface area contributed by atoms with Gasteiger partial charge in [-0.2, -0.15) is 4.98 Å². The Morgan fingerprint density at radius 1 is 1.33 bits per heavy atom. The molecule has 0 radical (unpaired) electrons. The second kappa shape index (κ2) is 8.46. The molecule has 0 aromatic carbocycles. The van der Waals surface area contributed by atoms with Crippen molar-refractivity contribution < 1.29 is 14.0 Å². The van der Waals surface area contributed by atoms with Gasteiger partial charge in [0.1, 0.15) is 6.10 Å². The Bertz CT molecular complexity index is 405. The van der Waals surface area contributed by atoms with Crippen molar-refractivity contribution in [2.75, 3.05) is 20.3 Å². The molecule has 21 heavy (non-hydrogen) atoms. The Balaban J connectivity index is 2.01. The van der Waals surface area contributed by atoms with E-state index in [9.17, 15) is 0 Å². The molecular weight excluding hydrogens is 270 g/mol. The molecule has 0 amide bonds. The minimum atomic E-state index is -0.122. The van der Waals surface area contributed by atoms with Crippen molar-refractivity contribution in [1.82, 2.24) is 10.1 Å². The first kappa shape index (κ1) is 16.4. The number of aromatic nitrogens is 2. The van der Waals surface area contributed by atoms with Gasteiger partial charge in [-0.25, -0.2) is 0 Å². The maximum atomic E-state index is 5.92. The van der Waals surface area contributed by atoms with Crippen LogP contribution in [0.5, 0.6) is 0 Å². The van der Waals surface area contributed by atoms with Crippen LogP contribution in [-0.2, 0) is 15.9 Å². The van der Waals surface area contributed by atoms with E-state index in [1.165, 1.54) is 32.1 Å². The molecule has 6 nitrogen and oxygen atoms in total. The zero-order valence-corrected chi connectivity index (χ0v) is 13.1. The third kappa shape index (κ3) is 4.76. The lowest BCUT2D eigenvalue weighted by Gasteiger charge is -2.27. The fourth-order valence-electron chi connectivity index (χ4n) is 3.00. The summed E-state index contributed by atoms with van der Waals surface area (Å²) in [6.07, 6.45) is 6.68. The second-order valence-corrected chi connectivity index (χ2v) is 5.74. The highest BCUT2D eigenvalue weighted by molar-refractivity contribution is 4.96. The van der Waals surface area contributed by atoms with Crippen molar-refractivity contribution in [3.8, 4) is 0 Å². The average molecular weight is 297 g/mol.